The van der Waals surface area contributed by atoms with Gasteiger partial charge in [-0.1, -0.05) is 41.9 Å². The SMILES string of the molecule is C[C@H](NC(=O)c1cc(C(=O)NCc2ccc(F)c(F)c2)nc2c(C(=O)Nc3ccccc3Cl)cnn12)c1ccc(C(=O)O)cc1. The average molecular weight is 633 g/mol. The highest BCUT2D eigenvalue weighted by molar-refractivity contribution is 6.34. The molecule has 0 fully saturated rings. The highest BCUT2D eigenvalue weighted by Crippen LogP contribution is 2.23. The molecule has 0 unspecified atom stereocenters. The molecule has 11 nitrogen and oxygen atoms in total. The van der Waals surface area contributed by atoms with E-state index in [0.717, 1.165) is 16.6 Å². The number of nitrogens with one attached hydrogen (secondary N) is 3. The van der Waals surface area contributed by atoms with Crippen LogP contribution in [0.25, 0.3) is 5.65 Å². The van der Waals surface area contributed by atoms with Gasteiger partial charge in [0.05, 0.1) is 28.5 Å². The molecule has 14 heteroatoms. The fourth-order valence-corrected chi connectivity index (χ4v) is 4.53. The van der Waals surface area contributed by atoms with Crippen LogP contribution in [-0.2, 0) is 6.54 Å². The summed E-state index contributed by atoms with van der Waals surface area (Å²) in [4.78, 5) is 55.5. The summed E-state index contributed by atoms with van der Waals surface area (Å²) in [6, 6.07) is 16.2. The van der Waals surface area contributed by atoms with Crippen molar-refractivity contribution in [1.29, 1.82) is 0 Å². The van der Waals surface area contributed by atoms with Crippen LogP contribution < -0.4 is 16.0 Å². The number of aromatic nitrogens is 3. The molecule has 0 saturated heterocycles. The van der Waals surface area contributed by atoms with Gasteiger partial charge in [-0.25, -0.2) is 23.1 Å². The van der Waals surface area contributed by atoms with Gasteiger partial charge in [0.1, 0.15) is 17.0 Å². The molecule has 0 spiro atoms. The number of aromatic carboxylic acids is 1. The number of carboxylic acids is 1. The van der Waals surface area contributed by atoms with Crippen molar-refractivity contribution in [2.45, 2.75) is 19.5 Å². The van der Waals surface area contributed by atoms with Gasteiger partial charge in [-0.15, -0.1) is 0 Å². The lowest BCUT2D eigenvalue weighted by Crippen LogP contribution is -2.30. The largest absolute Gasteiger partial charge is 0.478 e. The first-order valence-corrected chi connectivity index (χ1v) is 13.7. The Kier molecular flexibility index (Phi) is 8.81. The monoisotopic (exact) mass is 632 g/mol. The Bertz CT molecular complexity index is 1960. The summed E-state index contributed by atoms with van der Waals surface area (Å²) < 4.78 is 28.1. The molecule has 1 atom stereocenters. The van der Waals surface area contributed by atoms with Gasteiger partial charge in [-0.05, 0) is 54.4 Å². The van der Waals surface area contributed by atoms with Crippen LogP contribution in [0.5, 0.6) is 0 Å². The van der Waals surface area contributed by atoms with Gasteiger partial charge >= 0.3 is 5.97 Å². The van der Waals surface area contributed by atoms with Crippen LogP contribution in [0.1, 0.15) is 65.8 Å². The first-order chi connectivity index (χ1) is 21.5. The van der Waals surface area contributed by atoms with Crippen molar-refractivity contribution in [2.24, 2.45) is 0 Å². The molecule has 45 heavy (non-hydrogen) atoms. The minimum absolute atomic E-state index is 0.0727. The lowest BCUT2D eigenvalue weighted by Gasteiger charge is -2.16. The Morgan fingerprint density at radius 1 is 0.933 bits per heavy atom. The normalized spacial score (nSPS) is 11.6. The standard InChI is InChI=1S/C31H23ClF2N6O5/c1-16(18-7-9-19(10-8-18)31(44)45)37-30(43)26-13-25(29(42)35-14-17-6-11-22(33)23(34)12-17)38-27-20(15-36-40(26)27)28(41)39-24-5-3-2-4-21(24)32/h2-13,15-16H,14H2,1H3,(H,35,42)(H,37,43)(H,39,41)(H,44,45)/t16-/m0/s1. The quantitative estimate of drug-likeness (QED) is 0.178. The zero-order chi connectivity index (χ0) is 32.2. The molecule has 2 aromatic heterocycles. The molecule has 228 valence electrons. The highest BCUT2D eigenvalue weighted by Gasteiger charge is 2.24. The summed E-state index contributed by atoms with van der Waals surface area (Å²) in [5.41, 5.74) is 0.650. The number of anilines is 1. The number of nitrogens with zero attached hydrogens (tertiary/aromatic N) is 3. The Hall–Kier alpha value is -5.69. The molecule has 4 N–H and O–H groups in total. The number of carboxylic acid groups (broad SMARTS) is 1. The number of hydrogen-bond acceptors (Lipinski definition) is 6. The van der Waals surface area contributed by atoms with Gasteiger partial charge in [0.2, 0.25) is 0 Å². The summed E-state index contributed by atoms with van der Waals surface area (Å²) in [5, 5.41) is 21.6. The average Bonchev–Trinajstić information content (AvgIpc) is 3.46. The number of rotatable bonds is 9. The van der Waals surface area contributed by atoms with E-state index in [-0.39, 0.29) is 45.3 Å². The number of para-hydroxylation sites is 1. The molecular weight excluding hydrogens is 610 g/mol. The molecule has 3 amide bonds. The molecule has 3 aromatic carbocycles. The molecular formula is C31H23ClF2N6O5. The van der Waals surface area contributed by atoms with E-state index in [4.69, 9.17) is 16.7 Å². The Morgan fingerprint density at radius 3 is 2.36 bits per heavy atom. The van der Waals surface area contributed by atoms with Gasteiger partial charge in [0, 0.05) is 12.6 Å². The van der Waals surface area contributed by atoms with Crippen molar-refractivity contribution in [3.8, 4) is 0 Å². The Labute approximate surface area is 258 Å². The Morgan fingerprint density at radius 2 is 1.67 bits per heavy atom. The zero-order valence-corrected chi connectivity index (χ0v) is 24.1. The van der Waals surface area contributed by atoms with Crippen molar-refractivity contribution in [3.63, 3.8) is 0 Å². The summed E-state index contributed by atoms with van der Waals surface area (Å²) in [5.74, 6) is -5.34. The summed E-state index contributed by atoms with van der Waals surface area (Å²) >= 11 is 6.18. The number of carbonyl (C=O) groups is 4. The third-order valence-electron chi connectivity index (χ3n) is 6.75. The van der Waals surface area contributed by atoms with Gasteiger partial charge in [-0.2, -0.15) is 5.10 Å². The van der Waals surface area contributed by atoms with Crippen molar-refractivity contribution in [3.05, 3.63) is 129 Å². The number of carbonyl (C=O) groups excluding carboxylic acids is 3. The van der Waals surface area contributed by atoms with Gasteiger partial charge < -0.3 is 21.1 Å². The minimum Gasteiger partial charge on any atom is -0.478 e. The van der Waals surface area contributed by atoms with Crippen LogP contribution >= 0.6 is 11.6 Å². The third-order valence-corrected chi connectivity index (χ3v) is 7.08. The molecule has 2 heterocycles. The van der Waals surface area contributed by atoms with Crippen molar-refractivity contribution >= 4 is 46.6 Å². The van der Waals surface area contributed by atoms with E-state index >= 15 is 0 Å². The smallest absolute Gasteiger partial charge is 0.335 e. The summed E-state index contributed by atoms with van der Waals surface area (Å²) in [6.45, 7) is 1.49. The van der Waals surface area contributed by atoms with E-state index in [1.54, 1.807) is 43.3 Å². The van der Waals surface area contributed by atoms with E-state index in [9.17, 15) is 28.0 Å². The summed E-state index contributed by atoms with van der Waals surface area (Å²) in [6.07, 6.45) is 1.18. The molecule has 0 radical (unpaired) electrons. The lowest BCUT2D eigenvalue weighted by molar-refractivity contribution is 0.0695. The minimum atomic E-state index is -1.10. The number of fused-ring (bicyclic) bond motifs is 1. The summed E-state index contributed by atoms with van der Waals surface area (Å²) in [7, 11) is 0. The van der Waals surface area contributed by atoms with E-state index in [1.807, 2.05) is 0 Å². The topological polar surface area (TPSA) is 155 Å². The van der Waals surface area contributed by atoms with E-state index in [0.29, 0.717) is 11.3 Å². The number of benzene rings is 3. The van der Waals surface area contributed by atoms with E-state index in [2.05, 4.69) is 26.0 Å². The van der Waals surface area contributed by atoms with Crippen molar-refractivity contribution in [1.82, 2.24) is 25.2 Å². The highest BCUT2D eigenvalue weighted by atomic mass is 35.5. The van der Waals surface area contributed by atoms with Crippen LogP contribution in [0.15, 0.2) is 79.0 Å². The van der Waals surface area contributed by atoms with Gasteiger partial charge in [0.25, 0.3) is 17.7 Å². The predicted molar refractivity (Wildman–Crippen MR) is 159 cm³/mol. The fraction of sp³-hybridized carbons (Fsp3) is 0.0968. The first kappa shape index (κ1) is 30.8. The number of halogens is 3. The first-order valence-electron chi connectivity index (χ1n) is 13.3. The second-order valence-corrected chi connectivity index (χ2v) is 10.2. The molecule has 5 rings (SSSR count). The zero-order valence-electron chi connectivity index (χ0n) is 23.3. The molecule has 0 aliphatic heterocycles. The van der Waals surface area contributed by atoms with Crippen molar-refractivity contribution in [2.75, 3.05) is 5.32 Å². The molecule has 0 aliphatic rings. The lowest BCUT2D eigenvalue weighted by atomic mass is 10.1. The fourth-order valence-electron chi connectivity index (χ4n) is 4.34. The molecule has 0 aliphatic carbocycles. The van der Waals surface area contributed by atoms with Crippen LogP contribution in [0.4, 0.5) is 14.5 Å². The van der Waals surface area contributed by atoms with Crippen LogP contribution in [0.2, 0.25) is 5.02 Å². The second kappa shape index (κ2) is 12.9. The molecule has 5 aromatic rings. The van der Waals surface area contributed by atoms with Gasteiger partial charge in [0.15, 0.2) is 17.3 Å². The second-order valence-electron chi connectivity index (χ2n) is 9.81. The molecule has 0 saturated carbocycles. The van der Waals surface area contributed by atoms with Crippen LogP contribution in [0.3, 0.4) is 0 Å². The Balaban J connectivity index is 1.48. The van der Waals surface area contributed by atoms with E-state index in [1.165, 1.54) is 30.5 Å². The predicted octanol–water partition coefficient (Wildman–Crippen LogP) is 5.03. The maximum absolute atomic E-state index is 13.7. The van der Waals surface area contributed by atoms with E-state index < -0.39 is 41.4 Å². The van der Waals surface area contributed by atoms with Crippen LogP contribution in [0, 0.1) is 11.6 Å². The maximum Gasteiger partial charge on any atom is 0.335 e. The molecule has 0 bridgehead atoms. The maximum atomic E-state index is 13.7. The van der Waals surface area contributed by atoms with Crippen LogP contribution in [-0.4, -0.2) is 43.4 Å². The number of hydrogen-bond donors (Lipinski definition) is 4. The van der Waals surface area contributed by atoms with Crippen molar-refractivity contribution < 1.29 is 33.1 Å². The van der Waals surface area contributed by atoms with Gasteiger partial charge in [-0.3, -0.25) is 14.4 Å². The number of amides is 3. The third kappa shape index (κ3) is 6.78.